The molecule has 2 atom stereocenters. The number of rotatable bonds is 5. The van der Waals surface area contributed by atoms with E-state index >= 15 is 0 Å². The minimum absolute atomic E-state index is 0.0734. The fourth-order valence-corrected chi connectivity index (χ4v) is 3.29. The van der Waals surface area contributed by atoms with Crippen LogP contribution in [0.1, 0.15) is 18.9 Å². The number of esters is 1. The van der Waals surface area contributed by atoms with Crippen LogP contribution in [0.25, 0.3) is 0 Å². The molecule has 2 aliphatic rings. The lowest BCUT2D eigenvalue weighted by Crippen LogP contribution is -2.50. The molecule has 158 valence electrons. The van der Waals surface area contributed by atoms with Crippen LogP contribution in [-0.2, 0) is 20.5 Å². The number of nitrogens with zero attached hydrogens (tertiary/aromatic N) is 3. The Kier molecular flexibility index (Phi) is 5.67. The van der Waals surface area contributed by atoms with Crippen molar-refractivity contribution in [3.05, 3.63) is 33.9 Å². The van der Waals surface area contributed by atoms with Crippen LogP contribution < -0.4 is 4.90 Å². The van der Waals surface area contributed by atoms with Crippen molar-refractivity contribution in [1.29, 1.82) is 0 Å². The number of hydrogen-bond donors (Lipinski definition) is 0. The highest BCUT2D eigenvalue weighted by Crippen LogP contribution is 2.39. The first-order valence-electron chi connectivity index (χ1n) is 9.13. The van der Waals surface area contributed by atoms with Crippen LogP contribution >= 0.6 is 0 Å². The second kappa shape index (κ2) is 7.88. The lowest BCUT2D eigenvalue weighted by atomic mass is 10.1. The molecule has 1 aromatic rings. The molecule has 0 bridgehead atoms. The monoisotopic (exact) mass is 415 g/mol. The lowest BCUT2D eigenvalue weighted by molar-refractivity contribution is -0.384. The number of nitro benzene ring substituents is 1. The van der Waals surface area contributed by atoms with Gasteiger partial charge in [-0.05, 0) is 24.5 Å². The van der Waals surface area contributed by atoms with E-state index in [0.29, 0.717) is 6.07 Å². The number of alkyl halides is 3. The van der Waals surface area contributed by atoms with Crippen LogP contribution in [0.3, 0.4) is 0 Å². The number of anilines is 1. The number of benzene rings is 1. The maximum atomic E-state index is 12.8. The van der Waals surface area contributed by atoms with Crippen molar-refractivity contribution in [2.75, 3.05) is 37.7 Å². The van der Waals surface area contributed by atoms with Crippen molar-refractivity contribution >= 4 is 23.3 Å². The highest BCUT2D eigenvalue weighted by molar-refractivity contribution is 5.82. The Labute approximate surface area is 164 Å². The third-order valence-corrected chi connectivity index (χ3v) is 5.22. The van der Waals surface area contributed by atoms with E-state index in [1.54, 1.807) is 4.90 Å². The Hall–Kier alpha value is -2.85. The molecule has 1 heterocycles. The van der Waals surface area contributed by atoms with Gasteiger partial charge in [-0.3, -0.25) is 19.7 Å². The van der Waals surface area contributed by atoms with Crippen molar-refractivity contribution < 1.29 is 32.4 Å². The van der Waals surface area contributed by atoms with Crippen LogP contribution in [0.5, 0.6) is 0 Å². The maximum absolute atomic E-state index is 12.8. The van der Waals surface area contributed by atoms with Gasteiger partial charge in [0.05, 0.1) is 16.4 Å². The van der Waals surface area contributed by atoms with Gasteiger partial charge in [-0.1, -0.05) is 6.92 Å². The molecule has 2 fully saturated rings. The zero-order chi connectivity index (χ0) is 21.3. The highest BCUT2D eigenvalue weighted by Gasteiger charge is 2.41. The molecule has 1 aliphatic carbocycles. The molecule has 29 heavy (non-hydrogen) atoms. The Balaban J connectivity index is 1.59. The number of ether oxygens (including phenoxy) is 1. The third kappa shape index (κ3) is 4.77. The molecule has 8 nitrogen and oxygen atoms in total. The van der Waals surface area contributed by atoms with Gasteiger partial charge in [0.15, 0.2) is 6.61 Å². The standard InChI is InChI=1S/C18H20F3N3O5/c1-11-8-13(11)17(26)29-10-16(25)23-6-4-22(5-7-23)14-3-2-12(18(19,20)21)9-15(14)24(27)28/h2-3,9,11,13H,4-8,10H2,1H3/t11-,13-/m0/s1. The first kappa shape index (κ1) is 20.9. The van der Waals surface area contributed by atoms with E-state index in [0.717, 1.165) is 18.6 Å². The average Bonchev–Trinajstić information content (AvgIpc) is 3.41. The topological polar surface area (TPSA) is 93.0 Å². The third-order valence-electron chi connectivity index (χ3n) is 5.22. The number of hydrogen-bond acceptors (Lipinski definition) is 6. The average molecular weight is 415 g/mol. The zero-order valence-electron chi connectivity index (χ0n) is 15.6. The smallest absolute Gasteiger partial charge is 0.416 e. The molecule has 0 N–H and O–H groups in total. The zero-order valence-corrected chi connectivity index (χ0v) is 15.6. The van der Waals surface area contributed by atoms with Crippen LogP contribution in [0, 0.1) is 22.0 Å². The van der Waals surface area contributed by atoms with E-state index in [4.69, 9.17) is 4.74 Å². The fourth-order valence-electron chi connectivity index (χ4n) is 3.29. The SMILES string of the molecule is C[C@H]1C[C@@H]1C(=O)OCC(=O)N1CCN(c2ccc(C(F)(F)F)cc2[N+](=O)[O-])CC1. The molecule has 1 saturated heterocycles. The molecule has 1 aromatic carbocycles. The van der Waals surface area contributed by atoms with Gasteiger partial charge >= 0.3 is 12.1 Å². The largest absolute Gasteiger partial charge is 0.455 e. The first-order valence-corrected chi connectivity index (χ1v) is 9.13. The van der Waals surface area contributed by atoms with Gasteiger partial charge < -0.3 is 14.5 Å². The van der Waals surface area contributed by atoms with Crippen LogP contribution in [0.4, 0.5) is 24.5 Å². The van der Waals surface area contributed by atoms with E-state index in [-0.39, 0.29) is 62.2 Å². The second-order valence-electron chi connectivity index (χ2n) is 7.25. The van der Waals surface area contributed by atoms with Crippen molar-refractivity contribution in [1.82, 2.24) is 4.90 Å². The number of nitro groups is 1. The Morgan fingerprint density at radius 3 is 2.38 bits per heavy atom. The minimum atomic E-state index is -4.68. The van der Waals surface area contributed by atoms with E-state index in [1.165, 1.54) is 4.90 Å². The van der Waals surface area contributed by atoms with Gasteiger partial charge in [0.1, 0.15) is 5.69 Å². The number of amides is 1. The van der Waals surface area contributed by atoms with E-state index < -0.39 is 22.4 Å². The Bertz CT molecular complexity index is 821. The quantitative estimate of drug-likeness (QED) is 0.417. The van der Waals surface area contributed by atoms with Gasteiger partial charge in [0, 0.05) is 32.2 Å². The number of carbonyl (C=O) groups excluding carboxylic acids is 2. The van der Waals surface area contributed by atoms with Gasteiger partial charge in [-0.25, -0.2) is 0 Å². The summed E-state index contributed by atoms with van der Waals surface area (Å²) in [7, 11) is 0. The summed E-state index contributed by atoms with van der Waals surface area (Å²) in [6, 6.07) is 2.40. The minimum Gasteiger partial charge on any atom is -0.455 e. The molecule has 1 amide bonds. The summed E-state index contributed by atoms with van der Waals surface area (Å²) < 4.78 is 43.5. The molecule has 3 rings (SSSR count). The first-order chi connectivity index (χ1) is 13.6. The molecule has 0 spiro atoms. The summed E-state index contributed by atoms with van der Waals surface area (Å²) in [4.78, 5) is 37.3. The predicted octanol–water partition coefficient (Wildman–Crippen LogP) is 2.46. The second-order valence-corrected chi connectivity index (χ2v) is 7.25. The van der Waals surface area contributed by atoms with Crippen LogP contribution in [-0.4, -0.2) is 54.5 Å². The molecule has 0 radical (unpaired) electrons. The number of piperazine rings is 1. The van der Waals surface area contributed by atoms with Crippen LogP contribution in [0.15, 0.2) is 18.2 Å². The van der Waals surface area contributed by atoms with Gasteiger partial charge in [0.2, 0.25) is 0 Å². The van der Waals surface area contributed by atoms with E-state index in [9.17, 15) is 32.9 Å². The normalized spacial score (nSPS) is 21.7. The Morgan fingerprint density at radius 1 is 1.24 bits per heavy atom. The molecule has 1 saturated carbocycles. The fraction of sp³-hybridized carbons (Fsp3) is 0.556. The molecular formula is C18H20F3N3O5. The summed E-state index contributed by atoms with van der Waals surface area (Å²) in [5, 5.41) is 11.2. The molecule has 1 aliphatic heterocycles. The van der Waals surface area contributed by atoms with Gasteiger partial charge in [-0.2, -0.15) is 13.2 Å². The number of carbonyl (C=O) groups is 2. The van der Waals surface area contributed by atoms with E-state index in [1.807, 2.05) is 6.92 Å². The number of halogens is 3. The molecule has 0 aromatic heterocycles. The van der Waals surface area contributed by atoms with E-state index in [2.05, 4.69) is 0 Å². The summed E-state index contributed by atoms with van der Waals surface area (Å²) >= 11 is 0. The van der Waals surface area contributed by atoms with Gasteiger partial charge in [-0.15, -0.1) is 0 Å². The van der Waals surface area contributed by atoms with Crippen molar-refractivity contribution in [3.63, 3.8) is 0 Å². The molecular weight excluding hydrogens is 395 g/mol. The lowest BCUT2D eigenvalue weighted by Gasteiger charge is -2.35. The predicted molar refractivity (Wildman–Crippen MR) is 95.1 cm³/mol. The Morgan fingerprint density at radius 2 is 1.86 bits per heavy atom. The van der Waals surface area contributed by atoms with Crippen molar-refractivity contribution in [2.45, 2.75) is 19.5 Å². The summed E-state index contributed by atoms with van der Waals surface area (Å²) in [6.07, 6.45) is -3.91. The molecule has 11 heteroatoms. The van der Waals surface area contributed by atoms with Crippen molar-refractivity contribution in [3.8, 4) is 0 Å². The summed E-state index contributed by atoms with van der Waals surface area (Å²) in [5.74, 6) is -0.612. The summed E-state index contributed by atoms with van der Waals surface area (Å²) in [5.41, 5.74) is -1.65. The molecule has 0 unspecified atom stereocenters. The van der Waals surface area contributed by atoms with Gasteiger partial charge in [0.25, 0.3) is 11.6 Å². The highest BCUT2D eigenvalue weighted by atomic mass is 19.4. The maximum Gasteiger partial charge on any atom is 0.416 e. The summed E-state index contributed by atoms with van der Waals surface area (Å²) in [6.45, 7) is 2.43. The van der Waals surface area contributed by atoms with Crippen molar-refractivity contribution in [2.24, 2.45) is 11.8 Å². The van der Waals surface area contributed by atoms with Crippen LogP contribution in [0.2, 0.25) is 0 Å².